The number of nitrogens with zero attached hydrogens (tertiary/aromatic N) is 1. The topological polar surface area (TPSA) is 66.5 Å². The van der Waals surface area contributed by atoms with Gasteiger partial charge in [0.25, 0.3) is 0 Å². The van der Waals surface area contributed by atoms with E-state index in [0.717, 1.165) is 65.9 Å². The summed E-state index contributed by atoms with van der Waals surface area (Å²) in [6.07, 6.45) is 9.27. The standard InChI is InChI=1S/C47H45NO6/c1-4-53-45(49)30-11-17-35-39(25-30)46(28-29-10-12-33(46)24-29)43-36-18-19-47(31-8-6-5-7-9-31,32-13-15-34(16-14-32)48-20-22-52-23-21-48)54-44(36)38-27-41(51-3)40(50-2)26-37(38)42(35)43/h5-9,11,13-19,25-27,29,33H,4,10,12,20-24,28H2,1-3H3. The van der Waals surface area contributed by atoms with E-state index in [4.69, 9.17) is 23.7 Å². The van der Waals surface area contributed by atoms with Gasteiger partial charge in [-0.05, 0) is 108 Å². The van der Waals surface area contributed by atoms with Crippen LogP contribution in [0.15, 0.2) is 91.0 Å². The van der Waals surface area contributed by atoms with Gasteiger partial charge in [0.1, 0.15) is 5.75 Å². The van der Waals surface area contributed by atoms with Gasteiger partial charge in [-0.3, -0.25) is 0 Å². The third kappa shape index (κ3) is 4.73. The number of esters is 1. The highest BCUT2D eigenvalue weighted by Gasteiger charge is 2.59. The van der Waals surface area contributed by atoms with E-state index in [1.165, 1.54) is 47.2 Å². The maximum atomic E-state index is 13.2. The lowest BCUT2D eigenvalue weighted by atomic mass is 9.65. The number of rotatable bonds is 7. The predicted molar refractivity (Wildman–Crippen MR) is 211 cm³/mol. The molecule has 4 atom stereocenters. The van der Waals surface area contributed by atoms with Crippen LogP contribution in [0, 0.1) is 11.8 Å². The Morgan fingerprint density at radius 1 is 0.870 bits per heavy atom. The van der Waals surface area contributed by atoms with Gasteiger partial charge in [-0.25, -0.2) is 4.79 Å². The van der Waals surface area contributed by atoms with Crippen LogP contribution in [-0.2, 0) is 20.5 Å². The van der Waals surface area contributed by atoms with E-state index in [-0.39, 0.29) is 11.4 Å². The molecule has 274 valence electrons. The Bertz CT molecular complexity index is 2330. The van der Waals surface area contributed by atoms with E-state index < -0.39 is 5.60 Å². The number of carbonyl (C=O) groups excluding carboxylic acids is 1. The number of anilines is 1. The van der Waals surface area contributed by atoms with Gasteiger partial charge in [-0.15, -0.1) is 0 Å². The summed E-state index contributed by atoms with van der Waals surface area (Å²) >= 11 is 0. The number of fused-ring (bicyclic) bond motifs is 13. The minimum absolute atomic E-state index is 0.248. The quantitative estimate of drug-likeness (QED) is 0.155. The average molecular weight is 720 g/mol. The van der Waals surface area contributed by atoms with E-state index in [9.17, 15) is 4.79 Å². The van der Waals surface area contributed by atoms with Crippen molar-refractivity contribution in [2.75, 3.05) is 52.0 Å². The van der Waals surface area contributed by atoms with Crippen molar-refractivity contribution in [3.8, 4) is 28.4 Å². The number of hydrogen-bond donors (Lipinski definition) is 0. The van der Waals surface area contributed by atoms with Gasteiger partial charge in [0.05, 0.1) is 39.6 Å². The summed E-state index contributed by atoms with van der Waals surface area (Å²) in [5.74, 6) is 2.99. The van der Waals surface area contributed by atoms with Gasteiger partial charge in [0, 0.05) is 46.3 Å². The van der Waals surface area contributed by atoms with Crippen molar-refractivity contribution in [1.29, 1.82) is 0 Å². The zero-order chi connectivity index (χ0) is 36.6. The van der Waals surface area contributed by atoms with Crippen molar-refractivity contribution in [3.63, 3.8) is 0 Å². The molecule has 5 aromatic carbocycles. The molecule has 10 rings (SSSR count). The summed E-state index contributed by atoms with van der Waals surface area (Å²) in [7, 11) is 3.38. The molecule has 2 bridgehead atoms. The summed E-state index contributed by atoms with van der Waals surface area (Å²) < 4.78 is 30.8. The van der Waals surface area contributed by atoms with E-state index in [1.54, 1.807) is 14.2 Å². The van der Waals surface area contributed by atoms with Crippen molar-refractivity contribution in [3.05, 3.63) is 124 Å². The van der Waals surface area contributed by atoms with Crippen LogP contribution in [-0.4, -0.2) is 53.1 Å². The summed E-state index contributed by atoms with van der Waals surface area (Å²) in [6.45, 7) is 5.43. The monoisotopic (exact) mass is 719 g/mol. The van der Waals surface area contributed by atoms with Crippen LogP contribution in [0.5, 0.6) is 17.2 Å². The maximum absolute atomic E-state index is 13.2. The first kappa shape index (κ1) is 33.3. The Hall–Kier alpha value is -5.27. The lowest BCUT2D eigenvalue weighted by Gasteiger charge is -2.41. The molecular weight excluding hydrogens is 675 g/mol. The van der Waals surface area contributed by atoms with Gasteiger partial charge >= 0.3 is 5.97 Å². The SMILES string of the molecule is CCOC(=O)c1ccc2c(c1)C1(CC3CCC1C3)c1c3c(c4cc(OC)c(OC)cc4c1-2)OC(c1ccccc1)(c1ccc(N2CCOCC2)cc1)C=C3. The highest BCUT2D eigenvalue weighted by Crippen LogP contribution is 2.69. The molecule has 4 unspecified atom stereocenters. The normalized spacial score (nSPS) is 24.6. The number of carbonyl (C=O) groups is 1. The van der Waals surface area contributed by atoms with Crippen LogP contribution in [0.25, 0.3) is 28.0 Å². The molecule has 5 aromatic rings. The van der Waals surface area contributed by atoms with Gasteiger partial charge in [-0.2, -0.15) is 0 Å². The summed E-state index contributed by atoms with van der Waals surface area (Å²) in [4.78, 5) is 15.6. The second kappa shape index (κ2) is 12.7. The van der Waals surface area contributed by atoms with Crippen molar-refractivity contribution in [1.82, 2.24) is 0 Å². The van der Waals surface area contributed by atoms with Crippen LogP contribution in [0.3, 0.4) is 0 Å². The lowest BCUT2D eigenvalue weighted by molar-refractivity contribution is 0.0526. The number of hydrogen-bond acceptors (Lipinski definition) is 7. The predicted octanol–water partition coefficient (Wildman–Crippen LogP) is 9.31. The van der Waals surface area contributed by atoms with E-state index in [1.807, 2.05) is 13.0 Å². The second-order valence-electron chi connectivity index (χ2n) is 15.5. The molecule has 5 aliphatic rings. The van der Waals surface area contributed by atoms with Crippen molar-refractivity contribution in [2.45, 2.75) is 43.6 Å². The van der Waals surface area contributed by atoms with Crippen LogP contribution < -0.4 is 19.1 Å². The highest BCUT2D eigenvalue weighted by molar-refractivity contribution is 6.10. The molecule has 3 fully saturated rings. The summed E-state index contributed by atoms with van der Waals surface area (Å²) in [6, 6.07) is 29.9. The Kier molecular flexibility index (Phi) is 7.81. The Balaban J connectivity index is 1.24. The van der Waals surface area contributed by atoms with Gasteiger partial charge in [-0.1, -0.05) is 61.0 Å². The molecule has 0 radical (unpaired) electrons. The molecule has 1 saturated heterocycles. The number of morpholine rings is 1. The van der Waals surface area contributed by atoms with Crippen LogP contribution >= 0.6 is 0 Å². The van der Waals surface area contributed by atoms with Crippen LogP contribution in [0.4, 0.5) is 5.69 Å². The zero-order valence-electron chi connectivity index (χ0n) is 31.2. The van der Waals surface area contributed by atoms with Crippen molar-refractivity contribution in [2.24, 2.45) is 11.8 Å². The van der Waals surface area contributed by atoms with E-state index in [0.29, 0.717) is 35.5 Å². The molecular formula is C47H45NO6. The van der Waals surface area contributed by atoms with E-state index >= 15 is 0 Å². The number of benzene rings is 5. The molecule has 0 N–H and O–H groups in total. The molecule has 2 heterocycles. The van der Waals surface area contributed by atoms with Crippen molar-refractivity contribution < 1.29 is 28.5 Å². The largest absolute Gasteiger partial charge is 0.493 e. The molecule has 7 nitrogen and oxygen atoms in total. The van der Waals surface area contributed by atoms with Gasteiger partial charge in [0.15, 0.2) is 17.1 Å². The fourth-order valence-corrected chi connectivity index (χ4v) is 10.7. The van der Waals surface area contributed by atoms with Crippen molar-refractivity contribution >= 4 is 28.5 Å². The highest BCUT2D eigenvalue weighted by atomic mass is 16.5. The molecule has 54 heavy (non-hydrogen) atoms. The molecule has 0 aromatic heterocycles. The smallest absolute Gasteiger partial charge is 0.338 e. The third-order valence-corrected chi connectivity index (χ3v) is 13.0. The van der Waals surface area contributed by atoms with E-state index in [2.05, 4.69) is 95.9 Å². The maximum Gasteiger partial charge on any atom is 0.338 e. The fraction of sp³-hybridized carbons (Fsp3) is 0.340. The van der Waals surface area contributed by atoms with Gasteiger partial charge < -0.3 is 28.6 Å². The second-order valence-corrected chi connectivity index (χ2v) is 15.5. The zero-order valence-corrected chi connectivity index (χ0v) is 31.2. The van der Waals surface area contributed by atoms with Gasteiger partial charge in [0.2, 0.25) is 0 Å². The first-order valence-electron chi connectivity index (χ1n) is 19.4. The average Bonchev–Trinajstić information content (AvgIpc) is 3.93. The molecule has 7 heteroatoms. The molecule has 2 aliphatic heterocycles. The first-order valence-corrected chi connectivity index (χ1v) is 19.4. The summed E-state index contributed by atoms with van der Waals surface area (Å²) in [5.41, 5.74) is 8.82. The first-order chi connectivity index (χ1) is 26.5. The Labute approximate surface area is 316 Å². The third-order valence-electron chi connectivity index (χ3n) is 13.0. The van der Waals surface area contributed by atoms with Crippen LogP contribution in [0.1, 0.15) is 70.8 Å². The molecule has 3 aliphatic carbocycles. The minimum atomic E-state index is -0.892. The lowest BCUT2D eigenvalue weighted by Crippen LogP contribution is -2.37. The minimum Gasteiger partial charge on any atom is -0.493 e. The molecule has 1 spiro atoms. The number of methoxy groups -OCH3 is 2. The molecule has 2 saturated carbocycles. The Morgan fingerprint density at radius 2 is 1.61 bits per heavy atom. The fourth-order valence-electron chi connectivity index (χ4n) is 10.7. The van der Waals surface area contributed by atoms with Crippen LogP contribution in [0.2, 0.25) is 0 Å². The summed E-state index contributed by atoms with van der Waals surface area (Å²) in [5, 5.41) is 2.03. The number of ether oxygens (including phenoxy) is 5. The molecule has 0 amide bonds. The Morgan fingerprint density at radius 3 is 2.30 bits per heavy atom.